The molecule has 0 saturated heterocycles. The van der Waals surface area contributed by atoms with Crippen LogP contribution in [0, 0.1) is 5.92 Å². The molecule has 21 heavy (non-hydrogen) atoms. The van der Waals surface area contributed by atoms with Crippen LogP contribution in [0.25, 0.3) is 0 Å². The number of carbonyl (C=O) groups excluding carboxylic acids is 2. The van der Waals surface area contributed by atoms with Gasteiger partial charge in [0.1, 0.15) is 5.76 Å². The number of anilines is 1. The van der Waals surface area contributed by atoms with Crippen molar-refractivity contribution in [2.75, 3.05) is 5.32 Å². The Balaban J connectivity index is 1.92. The summed E-state index contributed by atoms with van der Waals surface area (Å²) in [4.78, 5) is 23.5. The second-order valence-corrected chi connectivity index (χ2v) is 4.98. The van der Waals surface area contributed by atoms with E-state index in [9.17, 15) is 9.59 Å². The van der Waals surface area contributed by atoms with E-state index in [1.807, 2.05) is 13.8 Å². The van der Waals surface area contributed by atoms with Gasteiger partial charge in [0.15, 0.2) is 0 Å². The molecule has 1 aromatic carbocycles. The van der Waals surface area contributed by atoms with E-state index in [0.717, 1.165) is 0 Å². The maximum atomic E-state index is 11.9. The summed E-state index contributed by atoms with van der Waals surface area (Å²) in [5.41, 5.74) is 1.21. The topological polar surface area (TPSA) is 71.3 Å². The van der Waals surface area contributed by atoms with Gasteiger partial charge in [0.05, 0.1) is 12.8 Å². The number of amides is 2. The lowest BCUT2D eigenvalue weighted by Crippen LogP contribution is -2.22. The first-order chi connectivity index (χ1) is 10.1. The molecule has 0 spiro atoms. The lowest BCUT2D eigenvalue weighted by Gasteiger charge is -2.08. The Kier molecular flexibility index (Phi) is 4.77. The van der Waals surface area contributed by atoms with E-state index in [0.29, 0.717) is 23.6 Å². The number of nitrogens with one attached hydrogen (secondary N) is 2. The Bertz CT molecular complexity index is 601. The van der Waals surface area contributed by atoms with Crippen molar-refractivity contribution in [3.63, 3.8) is 0 Å². The normalized spacial score (nSPS) is 10.4. The first-order valence-corrected chi connectivity index (χ1v) is 6.78. The zero-order valence-corrected chi connectivity index (χ0v) is 12.1. The number of hydrogen-bond donors (Lipinski definition) is 2. The number of furan rings is 1. The van der Waals surface area contributed by atoms with Crippen LogP contribution in [-0.4, -0.2) is 11.8 Å². The smallest absolute Gasteiger partial charge is 0.251 e. The first-order valence-electron chi connectivity index (χ1n) is 6.78. The van der Waals surface area contributed by atoms with Crippen molar-refractivity contribution in [3.8, 4) is 0 Å². The molecule has 2 rings (SSSR count). The summed E-state index contributed by atoms with van der Waals surface area (Å²) < 4.78 is 5.14. The van der Waals surface area contributed by atoms with E-state index in [-0.39, 0.29) is 17.7 Å². The van der Waals surface area contributed by atoms with Gasteiger partial charge in [0, 0.05) is 17.2 Å². The Morgan fingerprint density at radius 1 is 1.14 bits per heavy atom. The molecular weight excluding hydrogens is 268 g/mol. The minimum Gasteiger partial charge on any atom is -0.467 e. The lowest BCUT2D eigenvalue weighted by molar-refractivity contribution is -0.118. The number of benzene rings is 1. The summed E-state index contributed by atoms with van der Waals surface area (Å²) in [5, 5.41) is 5.54. The fourth-order valence-corrected chi connectivity index (χ4v) is 1.67. The Labute approximate surface area is 123 Å². The highest BCUT2D eigenvalue weighted by atomic mass is 16.3. The van der Waals surface area contributed by atoms with Gasteiger partial charge in [-0.25, -0.2) is 0 Å². The molecule has 5 heteroatoms. The molecule has 110 valence electrons. The van der Waals surface area contributed by atoms with Crippen LogP contribution in [-0.2, 0) is 11.3 Å². The third-order valence-corrected chi connectivity index (χ3v) is 2.94. The van der Waals surface area contributed by atoms with Crippen molar-refractivity contribution in [3.05, 3.63) is 54.0 Å². The molecule has 2 N–H and O–H groups in total. The Morgan fingerprint density at radius 2 is 1.86 bits per heavy atom. The highest BCUT2D eigenvalue weighted by Crippen LogP contribution is 2.11. The van der Waals surface area contributed by atoms with Crippen molar-refractivity contribution < 1.29 is 14.0 Å². The van der Waals surface area contributed by atoms with E-state index in [4.69, 9.17) is 4.42 Å². The fraction of sp³-hybridized carbons (Fsp3) is 0.250. The number of carbonyl (C=O) groups is 2. The van der Waals surface area contributed by atoms with Gasteiger partial charge in [-0.2, -0.15) is 0 Å². The van der Waals surface area contributed by atoms with Crippen LogP contribution < -0.4 is 10.6 Å². The fourth-order valence-electron chi connectivity index (χ4n) is 1.67. The van der Waals surface area contributed by atoms with Gasteiger partial charge in [0.2, 0.25) is 5.91 Å². The van der Waals surface area contributed by atoms with Crippen molar-refractivity contribution in [1.82, 2.24) is 5.32 Å². The molecule has 0 aliphatic carbocycles. The van der Waals surface area contributed by atoms with E-state index < -0.39 is 0 Å². The molecule has 0 aliphatic rings. The van der Waals surface area contributed by atoms with Gasteiger partial charge in [-0.1, -0.05) is 13.8 Å². The Hall–Kier alpha value is -2.56. The summed E-state index contributed by atoms with van der Waals surface area (Å²) in [5.74, 6) is 0.378. The molecule has 2 aromatic rings. The van der Waals surface area contributed by atoms with E-state index in [1.54, 1.807) is 42.7 Å². The third-order valence-electron chi connectivity index (χ3n) is 2.94. The molecule has 1 aromatic heterocycles. The van der Waals surface area contributed by atoms with Crippen LogP contribution in [0.15, 0.2) is 47.1 Å². The standard InChI is InChI=1S/C16H18N2O3/c1-11(2)15(19)18-13-7-5-12(6-8-13)16(20)17-10-14-4-3-9-21-14/h3-9,11H,10H2,1-2H3,(H,17,20)(H,18,19). The SMILES string of the molecule is CC(C)C(=O)Nc1ccc(C(=O)NCc2ccco2)cc1. The molecule has 1 heterocycles. The molecule has 0 bridgehead atoms. The molecule has 0 unspecified atom stereocenters. The minimum atomic E-state index is -0.187. The molecule has 0 fully saturated rings. The van der Waals surface area contributed by atoms with Crippen molar-refractivity contribution in [1.29, 1.82) is 0 Å². The summed E-state index contributed by atoms with van der Waals surface area (Å²) >= 11 is 0. The molecule has 0 aliphatic heterocycles. The maximum Gasteiger partial charge on any atom is 0.251 e. The van der Waals surface area contributed by atoms with E-state index >= 15 is 0 Å². The predicted octanol–water partition coefficient (Wildman–Crippen LogP) is 2.80. The quantitative estimate of drug-likeness (QED) is 0.887. The van der Waals surface area contributed by atoms with Crippen molar-refractivity contribution in [2.24, 2.45) is 5.92 Å². The lowest BCUT2D eigenvalue weighted by atomic mass is 10.1. The predicted molar refractivity (Wildman–Crippen MR) is 79.8 cm³/mol. The summed E-state index contributed by atoms with van der Waals surface area (Å²) in [6.45, 7) is 4.00. The monoisotopic (exact) mass is 286 g/mol. The van der Waals surface area contributed by atoms with Crippen LogP contribution in [0.2, 0.25) is 0 Å². The van der Waals surface area contributed by atoms with Crippen LogP contribution in [0.1, 0.15) is 30.0 Å². The zero-order valence-electron chi connectivity index (χ0n) is 12.1. The molecule has 0 saturated carbocycles. The Morgan fingerprint density at radius 3 is 2.43 bits per heavy atom. The average molecular weight is 286 g/mol. The van der Waals surface area contributed by atoms with Crippen LogP contribution in [0.3, 0.4) is 0 Å². The number of hydrogen-bond acceptors (Lipinski definition) is 3. The molecule has 0 radical (unpaired) electrons. The average Bonchev–Trinajstić information content (AvgIpc) is 2.98. The zero-order chi connectivity index (χ0) is 15.2. The second kappa shape index (κ2) is 6.74. The summed E-state index contributed by atoms with van der Waals surface area (Å²) in [7, 11) is 0. The van der Waals surface area contributed by atoms with Crippen LogP contribution in [0.5, 0.6) is 0 Å². The van der Waals surface area contributed by atoms with E-state index in [1.165, 1.54) is 0 Å². The molecule has 2 amide bonds. The summed E-state index contributed by atoms with van der Waals surface area (Å²) in [6, 6.07) is 10.3. The molecule has 0 atom stereocenters. The first kappa shape index (κ1) is 14.8. The summed E-state index contributed by atoms with van der Waals surface area (Å²) in [6.07, 6.45) is 1.56. The van der Waals surface area contributed by atoms with E-state index in [2.05, 4.69) is 10.6 Å². The second-order valence-electron chi connectivity index (χ2n) is 4.98. The third kappa shape index (κ3) is 4.21. The van der Waals surface area contributed by atoms with Gasteiger partial charge in [-0.15, -0.1) is 0 Å². The van der Waals surface area contributed by atoms with Gasteiger partial charge >= 0.3 is 0 Å². The van der Waals surface area contributed by atoms with Gasteiger partial charge in [0.25, 0.3) is 5.91 Å². The van der Waals surface area contributed by atoms with Crippen LogP contribution >= 0.6 is 0 Å². The minimum absolute atomic E-state index is 0.0509. The van der Waals surface area contributed by atoms with Gasteiger partial charge < -0.3 is 15.1 Å². The highest BCUT2D eigenvalue weighted by molar-refractivity contribution is 5.96. The highest BCUT2D eigenvalue weighted by Gasteiger charge is 2.09. The van der Waals surface area contributed by atoms with Crippen molar-refractivity contribution >= 4 is 17.5 Å². The number of rotatable bonds is 5. The molecular formula is C16H18N2O3. The van der Waals surface area contributed by atoms with Gasteiger partial charge in [-0.3, -0.25) is 9.59 Å². The van der Waals surface area contributed by atoms with Crippen LogP contribution in [0.4, 0.5) is 5.69 Å². The van der Waals surface area contributed by atoms with Crippen molar-refractivity contribution in [2.45, 2.75) is 20.4 Å². The molecule has 5 nitrogen and oxygen atoms in total. The van der Waals surface area contributed by atoms with Gasteiger partial charge in [-0.05, 0) is 36.4 Å². The largest absolute Gasteiger partial charge is 0.467 e. The maximum absolute atomic E-state index is 11.9.